The summed E-state index contributed by atoms with van der Waals surface area (Å²) in [6.45, 7) is 3.73. The summed E-state index contributed by atoms with van der Waals surface area (Å²) in [5, 5.41) is 3.16. The fourth-order valence-electron chi connectivity index (χ4n) is 2.56. The Morgan fingerprint density at radius 1 is 1.19 bits per heavy atom. The molecule has 0 aliphatic rings. The van der Waals surface area contributed by atoms with E-state index in [1.807, 2.05) is 43.3 Å². The van der Waals surface area contributed by atoms with Crippen molar-refractivity contribution in [2.75, 3.05) is 13.7 Å². The zero-order chi connectivity index (χ0) is 19.1. The van der Waals surface area contributed by atoms with E-state index in [2.05, 4.69) is 5.32 Å². The van der Waals surface area contributed by atoms with E-state index in [-0.39, 0.29) is 25.0 Å². The predicted molar refractivity (Wildman–Crippen MR) is 102 cm³/mol. The first-order valence-corrected chi connectivity index (χ1v) is 8.74. The number of rotatable bonds is 7. The molecular weight excluding hydrogens is 352 g/mol. The number of ether oxygens (including phenoxy) is 1. The Morgan fingerprint density at radius 3 is 2.58 bits per heavy atom. The number of nitrogens with one attached hydrogen (secondary N) is 1. The Kier molecular flexibility index (Phi) is 7.04. The summed E-state index contributed by atoms with van der Waals surface area (Å²) < 4.78 is 5.66. The first kappa shape index (κ1) is 19.8. The first-order chi connectivity index (χ1) is 12.4. The molecule has 138 valence electrons. The Labute approximate surface area is 158 Å². The van der Waals surface area contributed by atoms with Crippen molar-refractivity contribution in [3.63, 3.8) is 0 Å². The van der Waals surface area contributed by atoms with Crippen LogP contribution < -0.4 is 10.1 Å². The molecule has 0 saturated heterocycles. The van der Waals surface area contributed by atoms with Crippen LogP contribution in [0.15, 0.2) is 48.5 Å². The number of hydrogen-bond donors (Lipinski definition) is 1. The smallest absolute Gasteiger partial charge is 0.261 e. The average molecular weight is 375 g/mol. The van der Waals surface area contributed by atoms with E-state index in [1.165, 1.54) is 4.90 Å². The van der Waals surface area contributed by atoms with Crippen molar-refractivity contribution >= 4 is 23.4 Å². The first-order valence-electron chi connectivity index (χ1n) is 8.36. The van der Waals surface area contributed by atoms with Gasteiger partial charge in [-0.3, -0.25) is 9.59 Å². The Morgan fingerprint density at radius 2 is 1.92 bits per heavy atom. The number of benzene rings is 2. The minimum Gasteiger partial charge on any atom is -0.484 e. The molecule has 1 atom stereocenters. The van der Waals surface area contributed by atoms with Crippen molar-refractivity contribution in [1.29, 1.82) is 0 Å². The Hall–Kier alpha value is -2.53. The number of para-hydroxylation sites is 1. The largest absolute Gasteiger partial charge is 0.484 e. The number of likely N-dealkylation sites (N-methyl/N-ethyl adjacent to an activating group) is 1. The van der Waals surface area contributed by atoms with E-state index in [0.29, 0.717) is 10.8 Å². The second-order valence-electron chi connectivity index (χ2n) is 6.00. The molecular formula is C20H23ClN2O3. The monoisotopic (exact) mass is 374 g/mol. The third-order valence-corrected chi connectivity index (χ3v) is 4.34. The van der Waals surface area contributed by atoms with Crippen molar-refractivity contribution in [2.24, 2.45) is 0 Å². The molecule has 1 N–H and O–H groups in total. The van der Waals surface area contributed by atoms with E-state index in [4.69, 9.17) is 16.3 Å². The fourth-order valence-corrected chi connectivity index (χ4v) is 2.78. The van der Waals surface area contributed by atoms with Crippen LogP contribution in [-0.4, -0.2) is 36.4 Å². The highest BCUT2D eigenvalue weighted by Gasteiger charge is 2.26. The number of halogens is 1. The highest BCUT2D eigenvalue weighted by atomic mass is 35.5. The molecule has 0 unspecified atom stereocenters. The van der Waals surface area contributed by atoms with Gasteiger partial charge in [0.2, 0.25) is 5.91 Å². The number of nitrogens with zero attached hydrogens (tertiary/aromatic N) is 1. The molecule has 0 bridgehead atoms. The van der Waals surface area contributed by atoms with E-state index < -0.39 is 6.04 Å². The highest BCUT2D eigenvalue weighted by molar-refractivity contribution is 6.30. The molecule has 0 heterocycles. The Bertz CT molecular complexity index is 779. The molecule has 5 nitrogen and oxygen atoms in total. The lowest BCUT2D eigenvalue weighted by Crippen LogP contribution is -2.48. The Balaban J connectivity index is 2.15. The maximum atomic E-state index is 12.8. The van der Waals surface area contributed by atoms with Gasteiger partial charge in [0.1, 0.15) is 11.8 Å². The van der Waals surface area contributed by atoms with Crippen molar-refractivity contribution in [3.05, 3.63) is 64.7 Å². The van der Waals surface area contributed by atoms with E-state index in [0.717, 1.165) is 11.1 Å². The standard InChI is InChI=1S/C20H23ClN2O3/c1-14-7-4-5-10-18(14)26-13-19(24)23(15(2)20(25)22-3)12-16-8-6-9-17(21)11-16/h4-11,15H,12-13H2,1-3H3,(H,22,25)/t15-/m1/s1. The number of carbonyl (C=O) groups excluding carboxylic acids is 2. The number of hydrogen-bond acceptors (Lipinski definition) is 3. The minimum atomic E-state index is -0.632. The fraction of sp³-hybridized carbons (Fsp3) is 0.300. The van der Waals surface area contributed by atoms with E-state index in [1.54, 1.807) is 26.1 Å². The third kappa shape index (κ3) is 5.23. The van der Waals surface area contributed by atoms with Crippen LogP contribution in [0.2, 0.25) is 5.02 Å². The molecule has 26 heavy (non-hydrogen) atoms. The third-order valence-electron chi connectivity index (χ3n) is 4.10. The van der Waals surface area contributed by atoms with Crippen molar-refractivity contribution in [1.82, 2.24) is 10.2 Å². The molecule has 2 rings (SSSR count). The molecule has 0 aliphatic heterocycles. The van der Waals surface area contributed by atoms with Crippen molar-refractivity contribution < 1.29 is 14.3 Å². The quantitative estimate of drug-likeness (QED) is 0.809. The van der Waals surface area contributed by atoms with E-state index >= 15 is 0 Å². The number of aryl methyl sites for hydroxylation is 1. The molecule has 0 aliphatic carbocycles. The van der Waals surface area contributed by atoms with Gasteiger partial charge in [0.25, 0.3) is 5.91 Å². The maximum Gasteiger partial charge on any atom is 0.261 e. The molecule has 0 radical (unpaired) electrons. The minimum absolute atomic E-state index is 0.146. The lowest BCUT2D eigenvalue weighted by Gasteiger charge is -2.28. The van der Waals surface area contributed by atoms with Crippen LogP contribution in [0, 0.1) is 6.92 Å². The predicted octanol–water partition coefficient (Wildman–Crippen LogP) is 3.19. The lowest BCUT2D eigenvalue weighted by molar-refractivity contribution is -0.142. The maximum absolute atomic E-state index is 12.8. The van der Waals surface area contributed by atoms with Gasteiger partial charge < -0.3 is 15.0 Å². The summed E-state index contributed by atoms with van der Waals surface area (Å²) in [5.41, 5.74) is 1.79. The van der Waals surface area contributed by atoms with Crippen LogP contribution in [0.5, 0.6) is 5.75 Å². The second kappa shape index (κ2) is 9.25. The van der Waals surface area contributed by atoms with Crippen molar-refractivity contribution in [3.8, 4) is 5.75 Å². The van der Waals surface area contributed by atoms with Crippen LogP contribution >= 0.6 is 11.6 Å². The zero-order valence-electron chi connectivity index (χ0n) is 15.2. The van der Waals surface area contributed by atoms with Gasteiger partial charge in [0.15, 0.2) is 6.61 Å². The van der Waals surface area contributed by atoms with Crippen LogP contribution in [0.4, 0.5) is 0 Å². The molecule has 2 aromatic rings. The average Bonchev–Trinajstić information content (AvgIpc) is 2.64. The summed E-state index contributed by atoms with van der Waals surface area (Å²) in [7, 11) is 1.55. The van der Waals surface area contributed by atoms with Gasteiger partial charge >= 0.3 is 0 Å². The van der Waals surface area contributed by atoms with Gasteiger partial charge in [-0.25, -0.2) is 0 Å². The van der Waals surface area contributed by atoms with Crippen LogP contribution in [-0.2, 0) is 16.1 Å². The molecule has 0 aromatic heterocycles. The molecule has 6 heteroatoms. The van der Waals surface area contributed by atoms with Gasteiger partial charge in [0, 0.05) is 18.6 Å². The molecule has 2 amide bonds. The summed E-state index contributed by atoms with van der Waals surface area (Å²) in [6, 6.07) is 14.1. The van der Waals surface area contributed by atoms with Crippen molar-refractivity contribution in [2.45, 2.75) is 26.4 Å². The van der Waals surface area contributed by atoms with Gasteiger partial charge in [-0.1, -0.05) is 41.9 Å². The lowest BCUT2D eigenvalue weighted by atomic mass is 10.1. The molecule has 2 aromatic carbocycles. The van der Waals surface area contributed by atoms with Gasteiger partial charge in [-0.05, 0) is 43.2 Å². The summed E-state index contributed by atoms with van der Waals surface area (Å²) in [4.78, 5) is 26.3. The highest BCUT2D eigenvalue weighted by Crippen LogP contribution is 2.18. The van der Waals surface area contributed by atoms with Crippen LogP contribution in [0.1, 0.15) is 18.1 Å². The molecule has 0 saturated carbocycles. The van der Waals surface area contributed by atoms with Gasteiger partial charge in [0.05, 0.1) is 0 Å². The summed E-state index contributed by atoms with van der Waals surface area (Å²) in [6.07, 6.45) is 0. The van der Waals surface area contributed by atoms with Crippen LogP contribution in [0.25, 0.3) is 0 Å². The molecule has 0 spiro atoms. The zero-order valence-corrected chi connectivity index (χ0v) is 15.9. The topological polar surface area (TPSA) is 58.6 Å². The van der Waals surface area contributed by atoms with Gasteiger partial charge in [-0.2, -0.15) is 0 Å². The SMILES string of the molecule is CNC(=O)[C@@H](C)N(Cc1cccc(Cl)c1)C(=O)COc1ccccc1C. The van der Waals surface area contributed by atoms with Crippen LogP contribution in [0.3, 0.4) is 0 Å². The summed E-state index contributed by atoms with van der Waals surface area (Å²) >= 11 is 6.03. The van der Waals surface area contributed by atoms with E-state index in [9.17, 15) is 9.59 Å². The number of amides is 2. The summed E-state index contributed by atoms with van der Waals surface area (Å²) in [5.74, 6) is 0.136. The second-order valence-corrected chi connectivity index (χ2v) is 6.43. The normalized spacial score (nSPS) is 11.5. The molecule has 0 fully saturated rings. The number of carbonyl (C=O) groups is 2. The van der Waals surface area contributed by atoms with Gasteiger partial charge in [-0.15, -0.1) is 0 Å².